The summed E-state index contributed by atoms with van der Waals surface area (Å²) in [6, 6.07) is 5.46. The summed E-state index contributed by atoms with van der Waals surface area (Å²) in [7, 11) is 0. The van der Waals surface area contributed by atoms with Gasteiger partial charge in [0.25, 0.3) is 17.1 Å². The second-order valence-electron chi connectivity index (χ2n) is 8.42. The van der Waals surface area contributed by atoms with Crippen LogP contribution < -0.4 is 17.2 Å². The molecular weight excluding hydrogens is 444 g/mol. The Morgan fingerprint density at radius 3 is 1.26 bits per heavy atom. The average molecular weight is 462 g/mol. The maximum Gasteiger partial charge on any atom is 0.277 e. The van der Waals surface area contributed by atoms with Crippen molar-refractivity contribution in [3.63, 3.8) is 0 Å². The molecule has 12 nitrogen and oxygen atoms in total. The Balaban J connectivity index is 1.78. The van der Waals surface area contributed by atoms with E-state index in [-0.39, 0.29) is 53.9 Å². The molecule has 0 fully saturated rings. The van der Waals surface area contributed by atoms with Crippen LogP contribution in [0.1, 0.15) is 44.5 Å². The fraction of sp³-hybridized carbons (Fsp3) is 0.182. The molecule has 12 heteroatoms. The molecule has 0 spiro atoms. The predicted octanol–water partition coefficient (Wildman–Crippen LogP) is 3.15. The van der Waals surface area contributed by atoms with Crippen LogP contribution in [-0.4, -0.2) is 14.8 Å². The summed E-state index contributed by atoms with van der Waals surface area (Å²) in [6.45, 7) is 0. The number of rotatable bonds is 3. The number of hydrogen-bond acceptors (Lipinski definition) is 9. The molecule has 2 aliphatic carbocycles. The maximum absolute atomic E-state index is 12.3. The van der Waals surface area contributed by atoms with Gasteiger partial charge in [0.1, 0.15) is 0 Å². The lowest BCUT2D eigenvalue weighted by Crippen LogP contribution is -2.22. The molecule has 0 atom stereocenters. The van der Waals surface area contributed by atoms with Crippen molar-refractivity contribution in [3.8, 4) is 0 Å². The highest BCUT2D eigenvalue weighted by Crippen LogP contribution is 2.48. The van der Waals surface area contributed by atoms with E-state index in [1.165, 1.54) is 24.3 Å². The molecular formula is C22H18N6O6. The molecule has 0 radical (unpaired) electrons. The molecule has 172 valence electrons. The molecule has 2 aliphatic rings. The smallest absolute Gasteiger partial charge is 0.277 e. The molecule has 0 aromatic heterocycles. The molecule has 0 amide bonds. The molecule has 6 N–H and O–H groups in total. The lowest BCUT2D eigenvalue weighted by Gasteiger charge is -2.28. The minimum atomic E-state index is -0.542. The van der Waals surface area contributed by atoms with E-state index in [0.29, 0.717) is 50.4 Å². The first-order valence-electron chi connectivity index (χ1n) is 10.3. The zero-order valence-corrected chi connectivity index (χ0v) is 17.7. The van der Waals surface area contributed by atoms with Crippen LogP contribution in [0.15, 0.2) is 24.3 Å². The summed E-state index contributed by atoms with van der Waals surface area (Å²) in [5.41, 5.74) is 22.4. The van der Waals surface area contributed by atoms with Crippen molar-refractivity contribution in [1.29, 1.82) is 0 Å². The second kappa shape index (κ2) is 7.13. The monoisotopic (exact) mass is 462 g/mol. The third-order valence-electron chi connectivity index (χ3n) is 6.83. The summed E-state index contributed by atoms with van der Waals surface area (Å²) in [5, 5.41) is 35.5. The van der Waals surface area contributed by atoms with Crippen molar-refractivity contribution >= 4 is 34.1 Å². The molecule has 0 bridgehead atoms. The Morgan fingerprint density at radius 2 is 0.912 bits per heavy atom. The highest BCUT2D eigenvalue weighted by molar-refractivity contribution is 5.78. The van der Waals surface area contributed by atoms with Crippen LogP contribution in [0, 0.1) is 30.3 Å². The van der Waals surface area contributed by atoms with Crippen LogP contribution in [0.2, 0.25) is 0 Å². The van der Waals surface area contributed by atoms with Gasteiger partial charge in [0.2, 0.25) is 0 Å². The van der Waals surface area contributed by atoms with Crippen LogP contribution in [0.3, 0.4) is 0 Å². The molecule has 0 unspecified atom stereocenters. The van der Waals surface area contributed by atoms with Crippen molar-refractivity contribution in [3.05, 3.63) is 99.1 Å². The van der Waals surface area contributed by atoms with E-state index >= 15 is 0 Å². The number of nitro benzene ring substituents is 3. The van der Waals surface area contributed by atoms with Crippen molar-refractivity contribution in [2.75, 3.05) is 17.2 Å². The third kappa shape index (κ3) is 2.85. The Bertz CT molecular complexity index is 1380. The van der Waals surface area contributed by atoms with E-state index in [9.17, 15) is 30.3 Å². The van der Waals surface area contributed by atoms with E-state index in [0.717, 1.165) is 0 Å². The first-order chi connectivity index (χ1) is 16.1. The maximum atomic E-state index is 12.3. The van der Waals surface area contributed by atoms with E-state index in [1.807, 2.05) is 0 Å². The lowest BCUT2D eigenvalue weighted by atomic mass is 9.75. The lowest BCUT2D eigenvalue weighted by molar-refractivity contribution is -0.387. The largest absolute Gasteiger partial charge is 0.398 e. The highest BCUT2D eigenvalue weighted by atomic mass is 16.6. The summed E-state index contributed by atoms with van der Waals surface area (Å²) in [6.07, 6.45) is 0.0300. The topological polar surface area (TPSA) is 207 Å². The zero-order valence-electron chi connectivity index (χ0n) is 17.7. The van der Waals surface area contributed by atoms with Crippen LogP contribution in [-0.2, 0) is 25.7 Å². The van der Waals surface area contributed by atoms with Gasteiger partial charge in [-0.05, 0) is 34.4 Å². The average Bonchev–Trinajstić information content (AvgIpc) is 2.77. The number of nitrogens with two attached hydrogens (primary N) is 3. The van der Waals surface area contributed by atoms with Gasteiger partial charge in [-0.1, -0.05) is 0 Å². The molecule has 0 saturated carbocycles. The molecule has 0 saturated heterocycles. The van der Waals surface area contributed by atoms with Gasteiger partial charge in [0, 0.05) is 77.1 Å². The summed E-state index contributed by atoms with van der Waals surface area (Å²) in [4.78, 5) is 33.9. The van der Waals surface area contributed by atoms with Gasteiger partial charge in [0.05, 0.1) is 14.8 Å². The first kappa shape index (κ1) is 21.1. The second-order valence-corrected chi connectivity index (χ2v) is 8.42. The minimum absolute atomic E-state index is 0.0916. The molecule has 0 aliphatic heterocycles. The number of hydrogen-bond donors (Lipinski definition) is 3. The van der Waals surface area contributed by atoms with Gasteiger partial charge >= 0.3 is 0 Å². The van der Waals surface area contributed by atoms with Crippen molar-refractivity contribution in [2.45, 2.75) is 25.7 Å². The number of nitro groups is 3. The summed E-state index contributed by atoms with van der Waals surface area (Å²) < 4.78 is 0. The van der Waals surface area contributed by atoms with Crippen molar-refractivity contribution in [1.82, 2.24) is 0 Å². The van der Waals surface area contributed by atoms with Crippen LogP contribution >= 0.6 is 0 Å². The predicted molar refractivity (Wildman–Crippen MR) is 124 cm³/mol. The molecule has 34 heavy (non-hydrogen) atoms. The quantitative estimate of drug-likeness (QED) is 0.204. The molecule has 3 aromatic carbocycles. The van der Waals surface area contributed by atoms with Crippen molar-refractivity contribution in [2.24, 2.45) is 0 Å². The normalized spacial score (nSPS) is 13.3. The van der Waals surface area contributed by atoms with Gasteiger partial charge in [-0.15, -0.1) is 0 Å². The van der Waals surface area contributed by atoms with Crippen LogP contribution in [0.25, 0.3) is 0 Å². The van der Waals surface area contributed by atoms with Gasteiger partial charge in [-0.3, -0.25) is 30.3 Å². The SMILES string of the molecule is Nc1ccc([N+](=O)[O-])c2c1Cc1c(N)c3c(c([N+](=O)[O-])c1C2)Cc1c([N+](=O)[O-])ccc(N)c1C3. The van der Waals surface area contributed by atoms with Gasteiger partial charge in [0.15, 0.2) is 0 Å². The van der Waals surface area contributed by atoms with Gasteiger partial charge < -0.3 is 17.2 Å². The fourth-order valence-corrected chi connectivity index (χ4v) is 5.24. The number of benzene rings is 3. The van der Waals surface area contributed by atoms with E-state index in [4.69, 9.17) is 17.2 Å². The highest BCUT2D eigenvalue weighted by Gasteiger charge is 2.38. The van der Waals surface area contributed by atoms with Crippen LogP contribution in [0.5, 0.6) is 0 Å². The van der Waals surface area contributed by atoms with E-state index < -0.39 is 14.8 Å². The van der Waals surface area contributed by atoms with E-state index in [1.54, 1.807) is 0 Å². The molecule has 5 rings (SSSR count). The fourth-order valence-electron chi connectivity index (χ4n) is 5.24. The Hall–Kier alpha value is -4.74. The zero-order chi connectivity index (χ0) is 24.5. The molecule has 3 aromatic rings. The van der Waals surface area contributed by atoms with Crippen molar-refractivity contribution < 1.29 is 14.8 Å². The first-order valence-corrected chi connectivity index (χ1v) is 10.3. The minimum Gasteiger partial charge on any atom is -0.398 e. The molecule has 0 heterocycles. The van der Waals surface area contributed by atoms with Gasteiger partial charge in [-0.2, -0.15) is 0 Å². The standard InChI is InChI=1S/C22H18N6O6/c23-17-1-3-19(26(29)30)11-7-15-13(5-9(11)17)21(25)14-6-10-12(8-16(14)22(15)28(33)34)20(27(31)32)4-2-18(10)24/h1-4H,5-8,23-25H2. The Morgan fingerprint density at radius 1 is 0.529 bits per heavy atom. The Labute approximate surface area is 191 Å². The van der Waals surface area contributed by atoms with Crippen LogP contribution in [0.4, 0.5) is 34.1 Å². The third-order valence-corrected chi connectivity index (χ3v) is 6.83. The van der Waals surface area contributed by atoms with E-state index in [2.05, 4.69) is 0 Å². The summed E-state index contributed by atoms with van der Waals surface area (Å²) in [5.74, 6) is 0. The number of nitrogen functional groups attached to an aromatic ring is 3. The summed E-state index contributed by atoms with van der Waals surface area (Å²) >= 11 is 0. The Kier molecular flexibility index (Phi) is 4.43. The number of anilines is 3. The number of nitrogens with zero attached hydrogens (tertiary/aromatic N) is 3. The number of fused-ring (bicyclic) bond motifs is 4. The van der Waals surface area contributed by atoms with Gasteiger partial charge in [-0.25, -0.2) is 0 Å².